The molecule has 0 saturated heterocycles. The van der Waals surface area contributed by atoms with E-state index in [1.807, 2.05) is 26.8 Å². The second-order valence-corrected chi connectivity index (χ2v) is 11.7. The number of hydrogen-bond acceptors (Lipinski definition) is 8. The zero-order valence-electron chi connectivity index (χ0n) is 22.6. The first-order valence-corrected chi connectivity index (χ1v) is 13.1. The smallest absolute Gasteiger partial charge is 0.465 e. The quantitative estimate of drug-likeness (QED) is 0.0979. The highest BCUT2D eigenvalue weighted by atomic mass is 32.1. The monoisotopic (exact) mass is 547 g/mol. The van der Waals surface area contributed by atoms with Crippen molar-refractivity contribution in [2.24, 2.45) is 0 Å². The molecule has 0 saturated carbocycles. The molecular formula is C27H35N2O8S+. The molecule has 0 aliphatic heterocycles. The molecule has 0 radical (unpaired) electrons. The van der Waals surface area contributed by atoms with Crippen molar-refractivity contribution in [1.29, 1.82) is 0 Å². The van der Waals surface area contributed by atoms with E-state index in [4.69, 9.17) is 18.6 Å². The number of nitrogens with zero attached hydrogens (tertiary/aromatic N) is 1. The van der Waals surface area contributed by atoms with Gasteiger partial charge in [-0.3, -0.25) is 4.79 Å². The summed E-state index contributed by atoms with van der Waals surface area (Å²) >= 11 is 1.02. The molecule has 0 atom stereocenters. The average molecular weight is 548 g/mol. The third kappa shape index (κ3) is 8.47. The Morgan fingerprint density at radius 3 is 2.34 bits per heavy atom. The minimum atomic E-state index is -0.863. The first-order chi connectivity index (χ1) is 17.7. The lowest BCUT2D eigenvalue weighted by molar-refractivity contribution is -0.545. The van der Waals surface area contributed by atoms with Crippen LogP contribution in [0.1, 0.15) is 58.6 Å². The highest BCUT2D eigenvalue weighted by molar-refractivity contribution is 7.16. The van der Waals surface area contributed by atoms with Crippen molar-refractivity contribution in [1.82, 2.24) is 4.98 Å². The van der Waals surface area contributed by atoms with Gasteiger partial charge in [-0.15, -0.1) is 0 Å². The van der Waals surface area contributed by atoms with Gasteiger partial charge >= 0.3 is 17.1 Å². The summed E-state index contributed by atoms with van der Waals surface area (Å²) in [6, 6.07) is 6.96. The standard InChI is InChI=1S/C27H34N2O8S/c1-26(2,3)36-24(32)29(15-12-18-8-9-19(34-18)13-16-30)14-11-17-7-10-20(21-22(17)38-23(31)28-21)35-25(33)37-27(4,5)6/h7-10,16H,11-15H2,1-6H3,(H,28,31)/p+1. The van der Waals surface area contributed by atoms with Crippen LogP contribution >= 0.6 is 11.3 Å². The summed E-state index contributed by atoms with van der Waals surface area (Å²) in [7, 11) is 0. The lowest BCUT2D eigenvalue weighted by atomic mass is 10.1. The number of aromatic amines is 1. The molecule has 38 heavy (non-hydrogen) atoms. The number of thiazole rings is 1. The lowest BCUT2D eigenvalue weighted by Crippen LogP contribution is -2.33. The molecule has 10 nitrogen and oxygen atoms in total. The lowest BCUT2D eigenvalue weighted by Gasteiger charge is -2.19. The number of carbonyl (C=O) groups is 2. The van der Waals surface area contributed by atoms with Gasteiger partial charge in [-0.1, -0.05) is 17.4 Å². The molecule has 206 valence electrons. The number of aromatic nitrogens is 1. The number of aldehydes is 1. The van der Waals surface area contributed by atoms with Gasteiger partial charge in [-0.25, -0.2) is 4.79 Å². The zero-order chi connectivity index (χ0) is 28.1. The molecular weight excluding hydrogens is 512 g/mol. The van der Waals surface area contributed by atoms with Crippen LogP contribution in [-0.2, 0) is 33.5 Å². The minimum Gasteiger partial charge on any atom is -0.465 e. The molecule has 0 aliphatic carbocycles. The summed E-state index contributed by atoms with van der Waals surface area (Å²) in [5.74, 6) is 1.46. The van der Waals surface area contributed by atoms with Crippen LogP contribution < -0.4 is 9.61 Å². The van der Waals surface area contributed by atoms with Gasteiger partial charge in [-0.2, -0.15) is 4.58 Å². The summed E-state index contributed by atoms with van der Waals surface area (Å²) in [6.45, 7) is 11.5. The normalized spacial score (nSPS) is 12.8. The Morgan fingerprint density at radius 2 is 1.68 bits per heavy atom. The molecule has 0 aliphatic rings. The number of carbonyl (C=O) groups excluding carboxylic acids is 2. The predicted molar refractivity (Wildman–Crippen MR) is 144 cm³/mol. The Bertz CT molecular complexity index is 1370. The molecule has 2 aromatic heterocycles. The average Bonchev–Trinajstić information content (AvgIpc) is 3.38. The molecule has 3 rings (SSSR count). The molecule has 0 amide bonds. The van der Waals surface area contributed by atoms with E-state index in [2.05, 4.69) is 4.98 Å². The number of hydrogen-bond donors (Lipinski definition) is 2. The number of H-pyrrole nitrogens is 1. The fourth-order valence-corrected chi connectivity index (χ4v) is 4.49. The number of furan rings is 1. The molecule has 2 heterocycles. The van der Waals surface area contributed by atoms with E-state index in [9.17, 15) is 19.5 Å². The number of ether oxygens (including phenoxy) is 3. The van der Waals surface area contributed by atoms with Gasteiger partial charge in [0.1, 0.15) is 34.5 Å². The number of benzene rings is 1. The Kier molecular flexibility index (Phi) is 9.03. The molecule has 2 N–H and O–H groups in total. The SMILES string of the molecule is CC(C)(C)OC(=O)Oc1ccc(CC[N+](CCc2ccc(CC=O)o2)=C(O)OC(C)(C)C)c2sc(=O)[nH]c12. The number of rotatable bonds is 9. The highest BCUT2D eigenvalue weighted by Gasteiger charge is 2.25. The van der Waals surface area contributed by atoms with Crippen LogP contribution in [-0.4, -0.2) is 57.5 Å². The van der Waals surface area contributed by atoms with Gasteiger partial charge in [-0.05, 0) is 65.3 Å². The summed E-state index contributed by atoms with van der Waals surface area (Å²) in [6.07, 6.45) is 0.844. The van der Waals surface area contributed by atoms with Crippen molar-refractivity contribution in [3.63, 3.8) is 0 Å². The summed E-state index contributed by atoms with van der Waals surface area (Å²) in [4.78, 5) is 37.6. The maximum atomic E-state index is 12.2. The van der Waals surface area contributed by atoms with Crippen molar-refractivity contribution >= 4 is 40.1 Å². The van der Waals surface area contributed by atoms with E-state index in [1.165, 1.54) is 0 Å². The van der Waals surface area contributed by atoms with Gasteiger partial charge < -0.3 is 33.5 Å². The van der Waals surface area contributed by atoms with Crippen molar-refractivity contribution in [3.05, 3.63) is 51.0 Å². The largest absolute Gasteiger partial charge is 0.547 e. The Morgan fingerprint density at radius 1 is 1.03 bits per heavy atom. The van der Waals surface area contributed by atoms with Crippen LogP contribution in [0.5, 0.6) is 5.75 Å². The number of fused-ring (bicyclic) bond motifs is 1. The van der Waals surface area contributed by atoms with E-state index in [-0.39, 0.29) is 23.1 Å². The van der Waals surface area contributed by atoms with Crippen LogP contribution in [0.3, 0.4) is 0 Å². The molecule has 0 fully saturated rings. The minimum absolute atomic E-state index is 0.197. The van der Waals surface area contributed by atoms with Crippen LogP contribution in [0.4, 0.5) is 4.79 Å². The third-order valence-corrected chi connectivity index (χ3v) is 6.11. The summed E-state index contributed by atoms with van der Waals surface area (Å²) in [5.41, 5.74) is -0.0915. The predicted octanol–water partition coefficient (Wildman–Crippen LogP) is 4.76. The Balaban J connectivity index is 1.82. The first kappa shape index (κ1) is 29.0. The molecule has 0 unspecified atom stereocenters. The fourth-order valence-electron chi connectivity index (χ4n) is 3.60. The maximum Gasteiger partial charge on any atom is 0.547 e. The van der Waals surface area contributed by atoms with Gasteiger partial charge in [0, 0.05) is 6.42 Å². The van der Waals surface area contributed by atoms with Crippen molar-refractivity contribution in [2.45, 2.75) is 72.0 Å². The van der Waals surface area contributed by atoms with Crippen LogP contribution in [0.15, 0.2) is 33.5 Å². The van der Waals surface area contributed by atoms with Gasteiger partial charge in [0.05, 0.1) is 17.5 Å². The molecule has 0 spiro atoms. The van der Waals surface area contributed by atoms with E-state index in [0.717, 1.165) is 23.2 Å². The second-order valence-electron chi connectivity index (χ2n) is 10.7. The van der Waals surface area contributed by atoms with Gasteiger partial charge in [0.2, 0.25) is 0 Å². The van der Waals surface area contributed by atoms with Crippen molar-refractivity contribution < 1.29 is 37.9 Å². The van der Waals surface area contributed by atoms with E-state index < -0.39 is 17.4 Å². The Hall–Kier alpha value is -3.60. The van der Waals surface area contributed by atoms with Crippen LogP contribution in [0.25, 0.3) is 10.2 Å². The van der Waals surface area contributed by atoms with Crippen LogP contribution in [0.2, 0.25) is 0 Å². The van der Waals surface area contributed by atoms with E-state index in [1.54, 1.807) is 43.5 Å². The first-order valence-electron chi connectivity index (χ1n) is 12.3. The van der Waals surface area contributed by atoms with Gasteiger partial charge in [0.15, 0.2) is 18.8 Å². The van der Waals surface area contributed by atoms with Crippen molar-refractivity contribution in [2.75, 3.05) is 13.1 Å². The number of nitrogens with one attached hydrogen (secondary N) is 1. The summed E-state index contributed by atoms with van der Waals surface area (Å²) < 4.78 is 24.3. The van der Waals surface area contributed by atoms with Gasteiger partial charge in [0.25, 0.3) is 0 Å². The summed E-state index contributed by atoms with van der Waals surface area (Å²) in [5, 5.41) is 10.8. The molecule has 11 heteroatoms. The maximum absolute atomic E-state index is 12.2. The number of aliphatic hydroxyl groups excluding tert-OH is 1. The van der Waals surface area contributed by atoms with E-state index in [0.29, 0.717) is 47.7 Å². The molecule has 0 bridgehead atoms. The second kappa shape index (κ2) is 11.8. The van der Waals surface area contributed by atoms with Crippen LogP contribution in [0, 0.1) is 0 Å². The molecule has 3 aromatic rings. The Labute approximate surface area is 224 Å². The highest BCUT2D eigenvalue weighted by Crippen LogP contribution is 2.30. The zero-order valence-corrected chi connectivity index (χ0v) is 23.4. The fraction of sp³-hybridized carbons (Fsp3) is 0.481. The van der Waals surface area contributed by atoms with E-state index >= 15 is 0 Å². The van der Waals surface area contributed by atoms with Crippen molar-refractivity contribution in [3.8, 4) is 5.75 Å². The number of aliphatic hydroxyl groups is 1. The topological polar surface area (TPSA) is 131 Å². The third-order valence-electron chi connectivity index (χ3n) is 5.15. The molecule has 1 aromatic carbocycles.